The maximum atomic E-state index is 13.2. The Balaban J connectivity index is 1.98. The topological polar surface area (TPSA) is 101 Å². The number of nitrogens with one attached hydrogen (secondary N) is 2. The summed E-state index contributed by atoms with van der Waals surface area (Å²) in [5, 5.41) is 5.81. The van der Waals surface area contributed by atoms with Crippen molar-refractivity contribution in [2.75, 3.05) is 23.5 Å². The zero-order chi connectivity index (χ0) is 24.2. The van der Waals surface area contributed by atoms with Gasteiger partial charge in [-0.3, -0.25) is 9.59 Å². The number of alkyl halides is 3. The molecule has 1 aromatic carbocycles. The molecular weight excluding hydrogens is 488 g/mol. The third kappa shape index (κ3) is 6.21. The van der Waals surface area contributed by atoms with Crippen molar-refractivity contribution in [3.05, 3.63) is 63.8 Å². The fourth-order valence-corrected chi connectivity index (χ4v) is 3.04. The predicted octanol–water partition coefficient (Wildman–Crippen LogP) is 3.91. The second-order valence-electron chi connectivity index (χ2n) is 6.64. The Kier molecular flexibility index (Phi) is 7.57. The largest absolute Gasteiger partial charge is 0.493 e. The first-order valence-electron chi connectivity index (χ1n) is 9.32. The highest BCUT2D eigenvalue weighted by Crippen LogP contribution is 2.27. The molecule has 0 unspecified atom stereocenters. The summed E-state index contributed by atoms with van der Waals surface area (Å²) in [6.07, 6.45) is -2.24. The van der Waals surface area contributed by atoms with Crippen LogP contribution in [0.1, 0.15) is 16.8 Å². The third-order valence-corrected chi connectivity index (χ3v) is 4.78. The minimum Gasteiger partial charge on any atom is -0.323 e. The van der Waals surface area contributed by atoms with Gasteiger partial charge in [-0.25, -0.2) is 9.78 Å². The third-order valence-electron chi connectivity index (χ3n) is 4.33. The Morgan fingerprint density at radius 3 is 2.45 bits per heavy atom. The number of carbonyl (C=O) groups is 3. The molecule has 0 atom stereocenters. The number of hydrogen-bond donors (Lipinski definition) is 2. The number of nitrogens with zero attached hydrogens (tertiary/aromatic N) is 2. The van der Waals surface area contributed by atoms with Gasteiger partial charge in [0, 0.05) is 23.3 Å². The average Bonchev–Trinajstić information content (AvgIpc) is 2.78. The first kappa shape index (κ1) is 24.5. The summed E-state index contributed by atoms with van der Waals surface area (Å²) in [6.45, 7) is 1.06. The summed E-state index contributed by atoms with van der Waals surface area (Å²) >= 11 is 11.7. The number of aromatic nitrogens is 1. The molecule has 3 rings (SSSR count). The van der Waals surface area contributed by atoms with Crippen LogP contribution in [0.15, 0.2) is 48.2 Å². The molecule has 2 aromatic rings. The summed E-state index contributed by atoms with van der Waals surface area (Å²) < 4.78 is 38.5. The van der Waals surface area contributed by atoms with Crippen molar-refractivity contribution in [3.63, 3.8) is 0 Å². The Bertz CT molecular complexity index is 1110. The van der Waals surface area contributed by atoms with E-state index in [9.17, 15) is 27.6 Å². The van der Waals surface area contributed by atoms with Crippen molar-refractivity contribution in [2.45, 2.75) is 12.6 Å². The highest BCUT2D eigenvalue weighted by Gasteiger charge is 2.44. The number of anilines is 2. The number of rotatable bonds is 4. The molecule has 0 aliphatic carbocycles. The summed E-state index contributed by atoms with van der Waals surface area (Å²) in [5.41, 5.74) is 0.0646. The zero-order valence-corrected chi connectivity index (χ0v) is 18.1. The van der Waals surface area contributed by atoms with Crippen molar-refractivity contribution < 1.29 is 32.4 Å². The predicted molar refractivity (Wildman–Crippen MR) is 114 cm³/mol. The van der Waals surface area contributed by atoms with Gasteiger partial charge in [-0.05, 0) is 43.3 Å². The van der Waals surface area contributed by atoms with E-state index < -0.39 is 29.8 Å². The molecule has 8 nitrogen and oxygen atoms in total. The van der Waals surface area contributed by atoms with Crippen molar-refractivity contribution in [1.29, 1.82) is 0 Å². The lowest BCUT2D eigenvalue weighted by Gasteiger charge is -2.22. The van der Waals surface area contributed by atoms with Crippen LogP contribution >= 0.6 is 23.2 Å². The lowest BCUT2D eigenvalue weighted by atomic mass is 10.1. The fraction of sp³-hybridized carbons (Fsp3) is 0.200. The van der Waals surface area contributed by atoms with E-state index in [2.05, 4.69) is 20.5 Å². The number of hydroxylamine groups is 1. The van der Waals surface area contributed by atoms with E-state index in [4.69, 9.17) is 23.2 Å². The maximum absolute atomic E-state index is 13.2. The molecule has 2 heterocycles. The summed E-state index contributed by atoms with van der Waals surface area (Å²) in [7, 11) is 0. The normalized spacial score (nSPS) is 13.7. The molecule has 0 spiro atoms. The molecular formula is C20H15Cl2F3N4O4. The van der Waals surface area contributed by atoms with Crippen LogP contribution in [0.2, 0.25) is 10.0 Å². The van der Waals surface area contributed by atoms with Crippen LogP contribution in [0, 0.1) is 0 Å². The molecule has 0 fully saturated rings. The number of halogens is 5. The highest BCUT2D eigenvalue weighted by atomic mass is 35.5. The average molecular weight is 503 g/mol. The zero-order valence-electron chi connectivity index (χ0n) is 16.6. The van der Waals surface area contributed by atoms with Gasteiger partial charge in [0.25, 0.3) is 11.8 Å². The van der Waals surface area contributed by atoms with E-state index in [0.29, 0.717) is 25.1 Å². The van der Waals surface area contributed by atoms with E-state index in [0.717, 1.165) is 18.3 Å². The van der Waals surface area contributed by atoms with Crippen molar-refractivity contribution in [1.82, 2.24) is 10.3 Å². The molecule has 0 bridgehead atoms. The molecule has 0 saturated carbocycles. The van der Waals surface area contributed by atoms with Gasteiger partial charge in [-0.1, -0.05) is 29.3 Å². The van der Waals surface area contributed by atoms with E-state index >= 15 is 0 Å². The Morgan fingerprint density at radius 1 is 1.12 bits per heavy atom. The lowest BCUT2D eigenvalue weighted by Crippen LogP contribution is -2.39. The number of amides is 2. The lowest BCUT2D eigenvalue weighted by molar-refractivity contribution is -0.200. The Morgan fingerprint density at radius 2 is 1.85 bits per heavy atom. The number of carbonyl (C=O) groups excluding carboxylic acids is 3. The van der Waals surface area contributed by atoms with Crippen molar-refractivity contribution in [3.8, 4) is 0 Å². The van der Waals surface area contributed by atoms with E-state index in [1.54, 1.807) is 6.08 Å². The van der Waals surface area contributed by atoms with Gasteiger partial charge < -0.3 is 15.5 Å². The van der Waals surface area contributed by atoms with Crippen LogP contribution in [-0.2, 0) is 14.4 Å². The smallest absolute Gasteiger partial charge is 0.323 e. The van der Waals surface area contributed by atoms with Crippen LogP contribution in [0.25, 0.3) is 0 Å². The SMILES string of the molecule is O=C(Nc1ccc(Cl)cc1C(=O)N(OC(=O)C(F)(F)F)c1ccc(Cl)cn1)C1=CCNCC1. The van der Waals surface area contributed by atoms with Crippen LogP contribution < -0.4 is 15.7 Å². The Hall–Kier alpha value is -3.15. The first-order chi connectivity index (χ1) is 15.6. The number of pyridine rings is 1. The minimum absolute atomic E-state index is 0.0450. The van der Waals surface area contributed by atoms with Gasteiger partial charge in [-0.15, -0.1) is 5.06 Å². The van der Waals surface area contributed by atoms with Crippen LogP contribution in [0.5, 0.6) is 0 Å². The fourth-order valence-electron chi connectivity index (χ4n) is 2.76. The molecule has 2 amide bonds. The van der Waals surface area contributed by atoms with Gasteiger partial charge in [0.15, 0.2) is 5.82 Å². The van der Waals surface area contributed by atoms with E-state index in [1.165, 1.54) is 18.2 Å². The first-order valence-corrected chi connectivity index (χ1v) is 10.1. The molecule has 13 heteroatoms. The second kappa shape index (κ2) is 10.2. The van der Waals surface area contributed by atoms with E-state index in [1.807, 2.05) is 0 Å². The molecule has 174 valence electrons. The molecule has 1 aliphatic rings. The van der Waals surface area contributed by atoms with Gasteiger partial charge in [0.05, 0.1) is 16.3 Å². The summed E-state index contributed by atoms with van der Waals surface area (Å²) in [4.78, 5) is 45.3. The van der Waals surface area contributed by atoms with Crippen molar-refractivity contribution >= 4 is 52.5 Å². The molecule has 1 aliphatic heterocycles. The molecule has 0 radical (unpaired) electrons. The van der Waals surface area contributed by atoms with Crippen LogP contribution in [-0.4, -0.2) is 42.0 Å². The molecule has 33 heavy (non-hydrogen) atoms. The Labute approximate surface area is 195 Å². The standard InChI is InChI=1S/C20H15Cl2F3N4O4/c21-12-1-3-15(28-17(30)11-5-7-26-8-6-11)14(9-12)18(31)29(33-19(32)20(23,24)25)16-4-2-13(22)10-27-16/h1-5,9-10,26H,6-8H2,(H,28,30). The summed E-state index contributed by atoms with van der Waals surface area (Å²) in [5.74, 6) is -4.85. The number of benzene rings is 1. The molecule has 1 aromatic heterocycles. The minimum atomic E-state index is -5.39. The van der Waals surface area contributed by atoms with Gasteiger partial charge in [0.1, 0.15) is 0 Å². The maximum Gasteiger partial charge on any atom is 0.493 e. The van der Waals surface area contributed by atoms with Gasteiger partial charge in [-0.2, -0.15) is 13.2 Å². The van der Waals surface area contributed by atoms with Gasteiger partial charge >= 0.3 is 12.1 Å². The molecule has 0 saturated heterocycles. The van der Waals surface area contributed by atoms with Crippen LogP contribution in [0.4, 0.5) is 24.7 Å². The molecule has 2 N–H and O–H groups in total. The summed E-state index contributed by atoms with van der Waals surface area (Å²) in [6, 6.07) is 6.09. The van der Waals surface area contributed by atoms with E-state index in [-0.39, 0.29) is 26.4 Å². The number of hydrogen-bond acceptors (Lipinski definition) is 6. The van der Waals surface area contributed by atoms with Gasteiger partial charge in [0.2, 0.25) is 0 Å². The quantitative estimate of drug-likeness (QED) is 0.614. The second-order valence-corrected chi connectivity index (χ2v) is 7.51. The highest BCUT2D eigenvalue weighted by molar-refractivity contribution is 6.31. The van der Waals surface area contributed by atoms with Crippen LogP contribution in [0.3, 0.4) is 0 Å². The van der Waals surface area contributed by atoms with Crippen molar-refractivity contribution in [2.24, 2.45) is 0 Å². The monoisotopic (exact) mass is 502 g/mol.